The number of aliphatic imine (C=N–C) groups is 2. The Balaban J connectivity index is 1.15. The van der Waals surface area contributed by atoms with E-state index < -0.39 is 0 Å². The molecule has 0 atom stereocenters. The van der Waals surface area contributed by atoms with Crippen LogP contribution in [-0.2, 0) is 18.5 Å². The number of amidine groups is 2. The molecule has 0 saturated heterocycles. The number of hydrogen-bond donors (Lipinski definition) is 1. The highest BCUT2D eigenvalue weighted by molar-refractivity contribution is 6.18. The minimum atomic E-state index is -0.129. The van der Waals surface area contributed by atoms with Gasteiger partial charge in [-0.2, -0.15) is 0 Å². The van der Waals surface area contributed by atoms with Crippen molar-refractivity contribution in [2.24, 2.45) is 15.7 Å². The van der Waals surface area contributed by atoms with E-state index in [1.807, 2.05) is 48.6 Å². The van der Waals surface area contributed by atoms with Gasteiger partial charge in [0.1, 0.15) is 36.0 Å². The Bertz CT molecular complexity index is 2940. The van der Waals surface area contributed by atoms with Crippen LogP contribution in [0.4, 0.5) is 0 Å². The van der Waals surface area contributed by atoms with Gasteiger partial charge in [-0.05, 0) is 76.7 Å². The van der Waals surface area contributed by atoms with Gasteiger partial charge in [0.05, 0.1) is 16.6 Å². The van der Waals surface area contributed by atoms with E-state index in [0.717, 1.165) is 56.2 Å². The van der Waals surface area contributed by atoms with Gasteiger partial charge in [-0.1, -0.05) is 117 Å². The third-order valence-electron chi connectivity index (χ3n) is 11.1. The van der Waals surface area contributed by atoms with E-state index in [0.29, 0.717) is 30.5 Å². The molecular weight excluding hydrogens is 665 g/mol. The molecule has 0 bridgehead atoms. The number of para-hydroxylation sites is 3. The maximum Gasteiger partial charge on any atom is 0.158 e. The Morgan fingerprint density at radius 2 is 1.52 bits per heavy atom. The second-order valence-electron chi connectivity index (χ2n) is 14.6. The molecule has 2 aromatic heterocycles. The summed E-state index contributed by atoms with van der Waals surface area (Å²) in [6.07, 6.45) is 8.99. The molecular formula is C48H38N4O2. The molecule has 2 aliphatic rings. The zero-order chi connectivity index (χ0) is 36.4. The zero-order valence-electron chi connectivity index (χ0n) is 30.2. The lowest BCUT2D eigenvalue weighted by Gasteiger charge is -2.21. The molecule has 1 aliphatic heterocycles. The van der Waals surface area contributed by atoms with Gasteiger partial charge < -0.3 is 19.5 Å². The monoisotopic (exact) mass is 702 g/mol. The van der Waals surface area contributed by atoms with Crippen molar-refractivity contribution in [1.29, 1.82) is 0 Å². The fourth-order valence-corrected chi connectivity index (χ4v) is 8.39. The second kappa shape index (κ2) is 12.5. The predicted octanol–water partition coefficient (Wildman–Crippen LogP) is 10.9. The van der Waals surface area contributed by atoms with E-state index in [2.05, 4.69) is 115 Å². The number of fused-ring (bicyclic) bond motifs is 10. The summed E-state index contributed by atoms with van der Waals surface area (Å²) in [5, 5.41) is 4.44. The Labute approximate surface area is 313 Å². The molecule has 10 rings (SSSR count). The smallest absolute Gasteiger partial charge is 0.158 e. The zero-order valence-corrected chi connectivity index (χ0v) is 30.2. The van der Waals surface area contributed by atoms with Crippen molar-refractivity contribution >= 4 is 55.4 Å². The van der Waals surface area contributed by atoms with Crippen molar-refractivity contribution in [2.75, 3.05) is 6.61 Å². The van der Waals surface area contributed by atoms with Crippen LogP contribution in [-0.4, -0.2) is 22.8 Å². The minimum absolute atomic E-state index is 0.129. The summed E-state index contributed by atoms with van der Waals surface area (Å²) < 4.78 is 14.9. The fraction of sp³-hybridized carbons (Fsp3) is 0.125. The lowest BCUT2D eigenvalue weighted by molar-refractivity contribution is 0.360. The van der Waals surface area contributed by atoms with Crippen molar-refractivity contribution in [2.45, 2.75) is 32.4 Å². The summed E-state index contributed by atoms with van der Waals surface area (Å²) in [7, 11) is 0. The predicted molar refractivity (Wildman–Crippen MR) is 222 cm³/mol. The summed E-state index contributed by atoms with van der Waals surface area (Å²) in [6.45, 7) is 5.45. The number of nitrogens with zero attached hydrogens (tertiary/aromatic N) is 3. The molecule has 1 aliphatic carbocycles. The normalized spacial score (nSPS) is 16.4. The van der Waals surface area contributed by atoms with Crippen molar-refractivity contribution in [3.05, 3.63) is 173 Å². The number of nitrogens with two attached hydrogens (primary N) is 1. The first-order valence-corrected chi connectivity index (χ1v) is 18.5. The Morgan fingerprint density at radius 1 is 0.722 bits per heavy atom. The van der Waals surface area contributed by atoms with Crippen LogP contribution in [0.2, 0.25) is 0 Å². The molecule has 0 radical (unpaired) electrons. The molecule has 54 heavy (non-hydrogen) atoms. The molecule has 262 valence electrons. The SMILES string of the molecule is CC1(C)c2ccccc2-c2cc3c4ccccc4n(C/N=C(\N=C(N)c4cccc5c4oc4ccccc45)c4ccc5c(c4)OC/C=C\C=C/C5)c3cc21. The second-order valence-corrected chi connectivity index (χ2v) is 14.6. The van der Waals surface area contributed by atoms with Gasteiger partial charge in [-0.3, -0.25) is 0 Å². The highest BCUT2D eigenvalue weighted by Gasteiger charge is 2.36. The van der Waals surface area contributed by atoms with Crippen LogP contribution in [0.1, 0.15) is 41.7 Å². The van der Waals surface area contributed by atoms with Crippen LogP contribution in [0.3, 0.4) is 0 Å². The molecule has 6 nitrogen and oxygen atoms in total. The first kappa shape index (κ1) is 32.0. The molecule has 0 amide bonds. The van der Waals surface area contributed by atoms with Gasteiger partial charge >= 0.3 is 0 Å². The van der Waals surface area contributed by atoms with E-state index in [9.17, 15) is 0 Å². The Kier molecular flexibility index (Phi) is 7.41. The van der Waals surface area contributed by atoms with Crippen molar-refractivity contribution in [3.63, 3.8) is 0 Å². The topological polar surface area (TPSA) is 78.0 Å². The number of benzene rings is 6. The van der Waals surface area contributed by atoms with Crippen LogP contribution in [0.25, 0.3) is 54.9 Å². The average Bonchev–Trinajstić information content (AvgIpc) is 3.83. The number of rotatable bonds is 4. The lowest BCUT2D eigenvalue weighted by atomic mass is 9.82. The van der Waals surface area contributed by atoms with Gasteiger partial charge in [0.2, 0.25) is 0 Å². The number of furan rings is 1. The van der Waals surface area contributed by atoms with Crippen LogP contribution < -0.4 is 10.5 Å². The maximum atomic E-state index is 6.94. The van der Waals surface area contributed by atoms with Crippen molar-refractivity contribution in [3.8, 4) is 16.9 Å². The van der Waals surface area contributed by atoms with Crippen LogP contribution in [0, 0.1) is 0 Å². The Hall–Kier alpha value is -6.66. The number of hydrogen-bond acceptors (Lipinski definition) is 3. The molecule has 6 aromatic carbocycles. The molecule has 3 heterocycles. The molecule has 0 saturated carbocycles. The molecule has 2 N–H and O–H groups in total. The third-order valence-corrected chi connectivity index (χ3v) is 11.1. The number of ether oxygens (including phenoxy) is 1. The Morgan fingerprint density at radius 3 is 2.44 bits per heavy atom. The summed E-state index contributed by atoms with van der Waals surface area (Å²) in [4.78, 5) is 10.4. The summed E-state index contributed by atoms with van der Waals surface area (Å²) in [5.41, 5.74) is 18.5. The lowest BCUT2D eigenvalue weighted by Crippen LogP contribution is -2.17. The highest BCUT2D eigenvalue weighted by atomic mass is 16.5. The van der Waals surface area contributed by atoms with Crippen molar-refractivity contribution in [1.82, 2.24) is 4.57 Å². The van der Waals surface area contributed by atoms with Gasteiger partial charge in [-0.15, -0.1) is 0 Å². The quantitative estimate of drug-likeness (QED) is 0.146. The third kappa shape index (κ3) is 5.09. The van der Waals surface area contributed by atoms with Crippen LogP contribution in [0.15, 0.2) is 160 Å². The van der Waals surface area contributed by atoms with Crippen LogP contribution >= 0.6 is 0 Å². The van der Waals surface area contributed by atoms with E-state index in [-0.39, 0.29) is 5.41 Å². The van der Waals surface area contributed by atoms with Gasteiger partial charge in [0.25, 0.3) is 0 Å². The minimum Gasteiger partial charge on any atom is -0.489 e. The fourth-order valence-electron chi connectivity index (χ4n) is 8.39. The summed E-state index contributed by atoms with van der Waals surface area (Å²) in [5.74, 6) is 1.64. The summed E-state index contributed by atoms with van der Waals surface area (Å²) in [6, 6.07) is 42.4. The van der Waals surface area contributed by atoms with Crippen molar-refractivity contribution < 1.29 is 9.15 Å². The first-order valence-electron chi connectivity index (χ1n) is 18.5. The maximum absolute atomic E-state index is 6.94. The van der Waals surface area contributed by atoms with Gasteiger partial charge in [0, 0.05) is 32.5 Å². The molecule has 6 heteroatoms. The standard InChI is InChI=1S/C48H38N4O2/c1-48(2)39-20-9-6-15-32(39)37-27-38-33-16-7-10-21-41(33)52(42(38)28-40(37)48)29-50-47(31-24-23-30-14-5-3-4-12-25-53-44(30)26-31)51-46(49)36-19-13-18-35-34-17-8-11-22-43(34)54-45(35)36/h3-13,15-24,26-28H,14,25,29H2,1-2H3,(H2,49,50,51)/b5-3-,12-4-. The van der Waals surface area contributed by atoms with Gasteiger partial charge in [-0.25, -0.2) is 9.98 Å². The van der Waals surface area contributed by atoms with E-state index in [1.165, 1.54) is 33.0 Å². The highest BCUT2D eigenvalue weighted by Crippen LogP contribution is 2.50. The first-order chi connectivity index (χ1) is 26.5. The summed E-state index contributed by atoms with van der Waals surface area (Å²) >= 11 is 0. The largest absolute Gasteiger partial charge is 0.489 e. The average molecular weight is 703 g/mol. The molecule has 0 unspecified atom stereocenters. The van der Waals surface area contributed by atoms with E-state index >= 15 is 0 Å². The van der Waals surface area contributed by atoms with E-state index in [4.69, 9.17) is 24.9 Å². The van der Waals surface area contributed by atoms with E-state index in [1.54, 1.807) is 0 Å². The number of allylic oxidation sites excluding steroid dienone is 3. The molecule has 0 fully saturated rings. The number of aromatic nitrogens is 1. The van der Waals surface area contributed by atoms with Gasteiger partial charge in [0.15, 0.2) is 5.84 Å². The molecule has 8 aromatic rings. The van der Waals surface area contributed by atoms with Crippen LogP contribution in [0.5, 0.6) is 5.75 Å². The molecule has 0 spiro atoms.